The molecule has 0 unspecified atom stereocenters. The van der Waals surface area contributed by atoms with E-state index in [2.05, 4.69) is 37.6 Å². The van der Waals surface area contributed by atoms with Gasteiger partial charge in [0.1, 0.15) is 5.82 Å². The third kappa shape index (κ3) is 1.97. The van der Waals surface area contributed by atoms with Gasteiger partial charge in [0.2, 0.25) is 0 Å². The van der Waals surface area contributed by atoms with Crippen molar-refractivity contribution in [2.45, 2.75) is 38.5 Å². The van der Waals surface area contributed by atoms with Crippen LogP contribution >= 0.6 is 0 Å². The molecule has 0 bridgehead atoms. The Bertz CT molecular complexity index is 854. The van der Waals surface area contributed by atoms with Crippen LogP contribution in [0.4, 0.5) is 0 Å². The number of nitrogens with zero attached hydrogens (tertiary/aromatic N) is 5. The highest BCUT2D eigenvalue weighted by molar-refractivity contribution is 5.74. The van der Waals surface area contributed by atoms with E-state index in [0.717, 1.165) is 35.5 Å². The van der Waals surface area contributed by atoms with E-state index in [1.54, 1.807) is 6.20 Å². The van der Waals surface area contributed by atoms with Crippen LogP contribution in [0.25, 0.3) is 16.8 Å². The van der Waals surface area contributed by atoms with Crippen LogP contribution in [0.15, 0.2) is 18.5 Å². The quantitative estimate of drug-likeness (QED) is 0.804. The van der Waals surface area contributed by atoms with E-state index in [1.165, 1.54) is 6.42 Å². The Morgan fingerprint density at radius 1 is 1.41 bits per heavy atom. The maximum atomic E-state index is 8.79. The summed E-state index contributed by atoms with van der Waals surface area (Å²) >= 11 is 0. The highest BCUT2D eigenvalue weighted by atomic mass is 15.3. The number of aromatic amines is 1. The highest BCUT2D eigenvalue weighted by Gasteiger charge is 2.35. The molecule has 6 heteroatoms. The van der Waals surface area contributed by atoms with E-state index in [0.29, 0.717) is 24.2 Å². The number of rotatable bonds is 3. The Labute approximate surface area is 128 Å². The van der Waals surface area contributed by atoms with Crippen LogP contribution in [0.5, 0.6) is 0 Å². The van der Waals surface area contributed by atoms with Gasteiger partial charge in [-0.2, -0.15) is 5.26 Å². The maximum Gasteiger partial charge on any atom is 0.179 e. The van der Waals surface area contributed by atoms with Crippen molar-refractivity contribution in [1.29, 1.82) is 5.26 Å². The minimum absolute atomic E-state index is 0.402. The average Bonchev–Trinajstić information content (AvgIpc) is 3.21. The average molecular weight is 294 g/mol. The van der Waals surface area contributed by atoms with Crippen molar-refractivity contribution in [3.63, 3.8) is 0 Å². The van der Waals surface area contributed by atoms with Crippen molar-refractivity contribution in [1.82, 2.24) is 24.6 Å². The van der Waals surface area contributed by atoms with Crippen LogP contribution in [0.2, 0.25) is 0 Å². The molecule has 4 rings (SSSR count). The predicted octanol–water partition coefficient (Wildman–Crippen LogP) is 3.04. The molecule has 0 aliphatic heterocycles. The predicted molar refractivity (Wildman–Crippen MR) is 82.1 cm³/mol. The summed E-state index contributed by atoms with van der Waals surface area (Å²) in [7, 11) is 0. The molecule has 112 valence electrons. The minimum atomic E-state index is 0.402. The summed E-state index contributed by atoms with van der Waals surface area (Å²) in [6, 6.07) is 4.29. The lowest BCUT2D eigenvalue weighted by Gasteiger charge is -2.13. The van der Waals surface area contributed by atoms with Crippen molar-refractivity contribution < 1.29 is 0 Å². The van der Waals surface area contributed by atoms with Crippen molar-refractivity contribution >= 4 is 16.8 Å². The van der Waals surface area contributed by atoms with Gasteiger partial charge < -0.3 is 4.98 Å². The first-order valence-electron chi connectivity index (χ1n) is 7.82. The number of fused-ring (bicyclic) bond motifs is 3. The van der Waals surface area contributed by atoms with Gasteiger partial charge in [-0.25, -0.2) is 4.98 Å². The van der Waals surface area contributed by atoms with E-state index in [-0.39, 0.29) is 0 Å². The fraction of sp³-hybridized carbons (Fsp3) is 0.500. The number of nitriles is 1. The van der Waals surface area contributed by atoms with Crippen molar-refractivity contribution in [2.24, 2.45) is 11.8 Å². The SMILES string of the molecule is C[C@@H]1C[C@@H](CCC#N)C[C@@H]1c1nnc2cnc3[nH]ccc3n12. The second-order valence-electron chi connectivity index (χ2n) is 6.34. The molecule has 0 saturated heterocycles. The van der Waals surface area contributed by atoms with Gasteiger partial charge >= 0.3 is 0 Å². The lowest BCUT2D eigenvalue weighted by atomic mass is 9.97. The third-order valence-electron chi connectivity index (χ3n) is 4.94. The summed E-state index contributed by atoms with van der Waals surface area (Å²) in [4.78, 5) is 7.51. The lowest BCUT2D eigenvalue weighted by Crippen LogP contribution is -2.07. The smallest absolute Gasteiger partial charge is 0.179 e. The monoisotopic (exact) mass is 294 g/mol. The van der Waals surface area contributed by atoms with Gasteiger partial charge in [-0.1, -0.05) is 6.92 Å². The number of hydrogen-bond acceptors (Lipinski definition) is 4. The van der Waals surface area contributed by atoms with Crippen LogP contribution in [0.1, 0.15) is 44.3 Å². The molecule has 1 N–H and O–H groups in total. The fourth-order valence-electron chi connectivity index (χ4n) is 3.88. The van der Waals surface area contributed by atoms with E-state index in [1.807, 2.05) is 12.3 Å². The van der Waals surface area contributed by atoms with Gasteiger partial charge in [0, 0.05) is 18.5 Å². The van der Waals surface area contributed by atoms with Gasteiger partial charge in [0.25, 0.3) is 0 Å². The van der Waals surface area contributed by atoms with Crippen LogP contribution in [0, 0.1) is 23.2 Å². The van der Waals surface area contributed by atoms with Gasteiger partial charge in [-0.15, -0.1) is 10.2 Å². The highest BCUT2D eigenvalue weighted by Crippen LogP contribution is 2.44. The number of H-pyrrole nitrogens is 1. The molecule has 0 radical (unpaired) electrons. The zero-order valence-electron chi connectivity index (χ0n) is 12.5. The largest absolute Gasteiger partial charge is 0.345 e. The summed E-state index contributed by atoms with van der Waals surface area (Å²) in [5.74, 6) is 2.63. The van der Waals surface area contributed by atoms with Crippen LogP contribution in [-0.2, 0) is 0 Å². The Balaban J connectivity index is 1.75. The van der Waals surface area contributed by atoms with Crippen LogP contribution in [-0.4, -0.2) is 24.6 Å². The minimum Gasteiger partial charge on any atom is -0.345 e. The summed E-state index contributed by atoms with van der Waals surface area (Å²) in [6.45, 7) is 2.29. The summed E-state index contributed by atoms with van der Waals surface area (Å²) in [5, 5.41) is 17.6. The van der Waals surface area contributed by atoms with Crippen LogP contribution in [0.3, 0.4) is 0 Å². The molecule has 3 aromatic rings. The molecule has 1 saturated carbocycles. The van der Waals surface area contributed by atoms with Gasteiger partial charge in [0.05, 0.1) is 17.8 Å². The molecule has 0 amide bonds. The van der Waals surface area contributed by atoms with Crippen molar-refractivity contribution in [3.8, 4) is 6.07 Å². The molecule has 6 nitrogen and oxygen atoms in total. The van der Waals surface area contributed by atoms with Gasteiger partial charge in [-0.3, -0.25) is 4.40 Å². The fourth-order valence-corrected chi connectivity index (χ4v) is 3.88. The number of nitrogens with one attached hydrogen (secondary N) is 1. The zero-order valence-corrected chi connectivity index (χ0v) is 12.5. The summed E-state index contributed by atoms with van der Waals surface area (Å²) in [6.07, 6.45) is 7.57. The first-order chi connectivity index (χ1) is 10.8. The molecule has 3 aromatic heterocycles. The first kappa shape index (κ1) is 13.3. The molecule has 3 atom stereocenters. The molecular formula is C16H18N6. The second-order valence-corrected chi connectivity index (χ2v) is 6.34. The number of aromatic nitrogens is 5. The Morgan fingerprint density at radius 2 is 2.32 bits per heavy atom. The molecule has 0 spiro atoms. The standard InChI is InChI=1S/C16H18N6/c1-10-7-11(3-2-5-17)8-12(10)16-21-20-14-9-19-15-13(22(14)16)4-6-18-15/h4,6,9-12,18H,2-3,7-8H2,1H3/t10-,11-,12+/m1/s1. The zero-order chi connectivity index (χ0) is 15.1. The third-order valence-corrected chi connectivity index (χ3v) is 4.94. The van der Waals surface area contributed by atoms with E-state index < -0.39 is 0 Å². The Kier molecular flexibility index (Phi) is 3.07. The topological polar surface area (TPSA) is 82.7 Å². The Hall–Kier alpha value is -2.42. The van der Waals surface area contributed by atoms with Crippen molar-refractivity contribution in [2.75, 3.05) is 0 Å². The molecular weight excluding hydrogens is 276 g/mol. The van der Waals surface area contributed by atoms with Gasteiger partial charge in [0.15, 0.2) is 11.3 Å². The van der Waals surface area contributed by atoms with Crippen LogP contribution < -0.4 is 0 Å². The second kappa shape index (κ2) is 5.09. The van der Waals surface area contributed by atoms with Crippen molar-refractivity contribution in [3.05, 3.63) is 24.3 Å². The van der Waals surface area contributed by atoms with E-state index in [4.69, 9.17) is 5.26 Å². The first-order valence-corrected chi connectivity index (χ1v) is 7.82. The lowest BCUT2D eigenvalue weighted by molar-refractivity contribution is 0.484. The molecule has 1 fully saturated rings. The molecule has 1 aliphatic carbocycles. The summed E-state index contributed by atoms with van der Waals surface area (Å²) in [5.41, 5.74) is 2.69. The van der Waals surface area contributed by atoms with E-state index >= 15 is 0 Å². The molecule has 3 heterocycles. The Morgan fingerprint density at radius 3 is 3.18 bits per heavy atom. The molecule has 1 aliphatic rings. The maximum absolute atomic E-state index is 8.79. The van der Waals surface area contributed by atoms with E-state index in [9.17, 15) is 0 Å². The molecule has 0 aromatic carbocycles. The molecule has 22 heavy (non-hydrogen) atoms. The van der Waals surface area contributed by atoms with Gasteiger partial charge in [-0.05, 0) is 37.2 Å². The number of hydrogen-bond donors (Lipinski definition) is 1. The summed E-state index contributed by atoms with van der Waals surface area (Å²) < 4.78 is 2.13. The normalized spacial score (nSPS) is 25.0.